The molecule has 0 saturated carbocycles. The van der Waals surface area contributed by atoms with E-state index in [1.807, 2.05) is 0 Å². The molecule has 0 aliphatic carbocycles. The number of hydrogen-bond acceptors (Lipinski definition) is 6. The van der Waals surface area contributed by atoms with Crippen LogP contribution in [0, 0.1) is 0 Å². The van der Waals surface area contributed by atoms with Crippen LogP contribution in [0.2, 0.25) is 0 Å². The number of esters is 1. The van der Waals surface area contributed by atoms with E-state index in [0.29, 0.717) is 5.75 Å². The molecule has 7 nitrogen and oxygen atoms in total. The van der Waals surface area contributed by atoms with Gasteiger partial charge in [-0.2, -0.15) is 0 Å². The standard InChI is InChI=1S/C14H19NO6/c1-6-10(16)15-11-8(14(17)21-5)7-9(18-2)12(19-3)13(11)20-4/h7H,6H2,1-5H3,(H,15,16). The van der Waals surface area contributed by atoms with E-state index in [4.69, 9.17) is 18.9 Å². The van der Waals surface area contributed by atoms with E-state index >= 15 is 0 Å². The lowest BCUT2D eigenvalue weighted by atomic mass is 10.1. The predicted octanol–water partition coefficient (Wildman–Crippen LogP) is 1.85. The molecule has 1 amide bonds. The molecule has 1 rings (SSSR count). The Kier molecular flexibility index (Phi) is 5.83. The number of ether oxygens (including phenoxy) is 4. The van der Waals surface area contributed by atoms with E-state index in [0.717, 1.165) is 0 Å². The van der Waals surface area contributed by atoms with Crippen LogP contribution in [-0.2, 0) is 9.53 Å². The summed E-state index contributed by atoms with van der Waals surface area (Å²) in [5.74, 6) is -0.131. The fourth-order valence-electron chi connectivity index (χ4n) is 1.78. The highest BCUT2D eigenvalue weighted by Gasteiger charge is 2.25. The SMILES string of the molecule is CCC(=O)Nc1c(C(=O)OC)cc(OC)c(OC)c1OC. The third kappa shape index (κ3) is 3.36. The molecule has 0 heterocycles. The number of nitrogens with one attached hydrogen (secondary N) is 1. The van der Waals surface area contributed by atoms with Gasteiger partial charge in [-0.05, 0) is 0 Å². The monoisotopic (exact) mass is 297 g/mol. The van der Waals surface area contributed by atoms with Crippen molar-refractivity contribution >= 4 is 17.6 Å². The number of carbonyl (C=O) groups is 2. The largest absolute Gasteiger partial charge is 0.493 e. The van der Waals surface area contributed by atoms with Crippen LogP contribution in [0.3, 0.4) is 0 Å². The fourth-order valence-corrected chi connectivity index (χ4v) is 1.78. The van der Waals surface area contributed by atoms with E-state index in [-0.39, 0.29) is 35.1 Å². The molecular formula is C14H19NO6. The molecule has 1 aromatic carbocycles. The van der Waals surface area contributed by atoms with Gasteiger partial charge in [0, 0.05) is 12.5 Å². The molecule has 0 spiro atoms. The number of methoxy groups -OCH3 is 4. The summed E-state index contributed by atoms with van der Waals surface area (Å²) in [6.07, 6.45) is 0.248. The van der Waals surface area contributed by atoms with Gasteiger partial charge < -0.3 is 24.3 Å². The molecule has 0 aromatic heterocycles. The van der Waals surface area contributed by atoms with Gasteiger partial charge in [-0.1, -0.05) is 6.92 Å². The van der Waals surface area contributed by atoms with Gasteiger partial charge in [0.2, 0.25) is 11.7 Å². The highest BCUT2D eigenvalue weighted by Crippen LogP contribution is 2.45. The van der Waals surface area contributed by atoms with E-state index in [1.165, 1.54) is 34.5 Å². The lowest BCUT2D eigenvalue weighted by molar-refractivity contribution is -0.115. The van der Waals surface area contributed by atoms with Crippen LogP contribution in [0.15, 0.2) is 6.07 Å². The Morgan fingerprint density at radius 3 is 2.10 bits per heavy atom. The first-order valence-electron chi connectivity index (χ1n) is 6.25. The van der Waals surface area contributed by atoms with Crippen molar-refractivity contribution in [3.63, 3.8) is 0 Å². The Labute approximate surface area is 123 Å². The zero-order valence-corrected chi connectivity index (χ0v) is 12.7. The Morgan fingerprint density at radius 1 is 1.05 bits per heavy atom. The van der Waals surface area contributed by atoms with E-state index in [1.54, 1.807) is 6.92 Å². The minimum Gasteiger partial charge on any atom is -0.493 e. The van der Waals surface area contributed by atoms with Crippen molar-refractivity contribution in [3.8, 4) is 17.2 Å². The first kappa shape index (κ1) is 16.6. The second-order valence-electron chi connectivity index (χ2n) is 3.96. The summed E-state index contributed by atoms with van der Waals surface area (Å²) >= 11 is 0. The van der Waals surface area contributed by atoms with Gasteiger partial charge in [0.15, 0.2) is 11.5 Å². The zero-order chi connectivity index (χ0) is 16.0. The molecule has 0 unspecified atom stereocenters. The average molecular weight is 297 g/mol. The molecule has 0 fully saturated rings. The van der Waals surface area contributed by atoms with Crippen LogP contribution >= 0.6 is 0 Å². The second-order valence-corrected chi connectivity index (χ2v) is 3.96. The van der Waals surface area contributed by atoms with E-state index in [2.05, 4.69) is 5.32 Å². The minimum atomic E-state index is -0.624. The summed E-state index contributed by atoms with van der Waals surface area (Å²) in [5.41, 5.74) is 0.308. The molecule has 0 bridgehead atoms. The van der Waals surface area contributed by atoms with Gasteiger partial charge >= 0.3 is 5.97 Å². The summed E-state index contributed by atoms with van der Waals surface area (Å²) in [4.78, 5) is 23.6. The van der Waals surface area contributed by atoms with Gasteiger partial charge in [0.1, 0.15) is 5.69 Å². The maximum absolute atomic E-state index is 11.9. The molecule has 116 valence electrons. The Balaban J connectivity index is 3.59. The van der Waals surface area contributed by atoms with Crippen molar-refractivity contribution in [1.82, 2.24) is 0 Å². The molecule has 1 aromatic rings. The maximum Gasteiger partial charge on any atom is 0.340 e. The number of benzene rings is 1. The molecule has 0 radical (unpaired) electrons. The number of amides is 1. The summed E-state index contributed by atoms with van der Waals surface area (Å²) in [5, 5.41) is 2.62. The van der Waals surface area contributed by atoms with Crippen molar-refractivity contribution < 1.29 is 28.5 Å². The van der Waals surface area contributed by atoms with Crippen molar-refractivity contribution in [2.45, 2.75) is 13.3 Å². The van der Waals surface area contributed by atoms with Crippen LogP contribution in [0.4, 0.5) is 5.69 Å². The third-order valence-corrected chi connectivity index (χ3v) is 2.82. The van der Waals surface area contributed by atoms with Gasteiger partial charge in [-0.15, -0.1) is 0 Å². The molecule has 0 aliphatic rings. The van der Waals surface area contributed by atoms with Gasteiger partial charge in [-0.3, -0.25) is 4.79 Å². The van der Waals surface area contributed by atoms with Crippen LogP contribution in [0.25, 0.3) is 0 Å². The predicted molar refractivity (Wildman–Crippen MR) is 76.4 cm³/mol. The van der Waals surface area contributed by atoms with Crippen LogP contribution in [0.5, 0.6) is 17.2 Å². The lowest BCUT2D eigenvalue weighted by Crippen LogP contribution is -2.16. The third-order valence-electron chi connectivity index (χ3n) is 2.82. The first-order chi connectivity index (χ1) is 10.0. The van der Waals surface area contributed by atoms with Gasteiger partial charge in [0.05, 0.1) is 34.0 Å². The number of carbonyl (C=O) groups excluding carboxylic acids is 2. The Hall–Kier alpha value is -2.44. The van der Waals surface area contributed by atoms with Crippen molar-refractivity contribution in [2.24, 2.45) is 0 Å². The summed E-state index contributed by atoms with van der Waals surface area (Å²) < 4.78 is 20.4. The smallest absolute Gasteiger partial charge is 0.340 e. The maximum atomic E-state index is 11.9. The quantitative estimate of drug-likeness (QED) is 0.807. The van der Waals surface area contributed by atoms with Gasteiger partial charge in [0.25, 0.3) is 0 Å². The summed E-state index contributed by atoms with van der Waals surface area (Å²) in [6, 6.07) is 1.43. The molecule has 0 saturated heterocycles. The fraction of sp³-hybridized carbons (Fsp3) is 0.429. The zero-order valence-electron chi connectivity index (χ0n) is 12.7. The number of hydrogen-bond donors (Lipinski definition) is 1. The number of rotatable bonds is 6. The van der Waals surface area contributed by atoms with Crippen molar-refractivity contribution in [3.05, 3.63) is 11.6 Å². The van der Waals surface area contributed by atoms with Crippen molar-refractivity contribution in [1.29, 1.82) is 0 Å². The highest BCUT2D eigenvalue weighted by molar-refractivity contribution is 6.04. The van der Waals surface area contributed by atoms with Crippen LogP contribution in [-0.4, -0.2) is 40.3 Å². The Morgan fingerprint density at radius 2 is 1.67 bits per heavy atom. The molecule has 7 heteroatoms. The molecule has 0 atom stereocenters. The highest BCUT2D eigenvalue weighted by atomic mass is 16.5. The molecule has 1 N–H and O–H groups in total. The molecular weight excluding hydrogens is 278 g/mol. The van der Waals surface area contributed by atoms with Gasteiger partial charge in [-0.25, -0.2) is 4.79 Å². The average Bonchev–Trinajstić information content (AvgIpc) is 2.52. The topological polar surface area (TPSA) is 83.1 Å². The lowest BCUT2D eigenvalue weighted by Gasteiger charge is -2.19. The normalized spacial score (nSPS) is 9.76. The van der Waals surface area contributed by atoms with Crippen LogP contribution < -0.4 is 19.5 Å². The van der Waals surface area contributed by atoms with Crippen molar-refractivity contribution in [2.75, 3.05) is 33.8 Å². The summed E-state index contributed by atoms with van der Waals surface area (Å²) in [6.45, 7) is 1.69. The van der Waals surface area contributed by atoms with E-state index < -0.39 is 5.97 Å². The second kappa shape index (κ2) is 7.37. The molecule has 0 aliphatic heterocycles. The van der Waals surface area contributed by atoms with Crippen LogP contribution in [0.1, 0.15) is 23.7 Å². The first-order valence-corrected chi connectivity index (χ1v) is 6.25. The molecule has 21 heavy (non-hydrogen) atoms. The minimum absolute atomic E-state index is 0.119. The Bertz CT molecular complexity index is 541. The van der Waals surface area contributed by atoms with E-state index in [9.17, 15) is 9.59 Å². The number of anilines is 1. The summed E-state index contributed by atoms with van der Waals surface area (Å²) in [7, 11) is 5.52.